The molecule has 3 rings (SSSR count). The van der Waals surface area contributed by atoms with Crippen LogP contribution in [0.15, 0.2) is 12.2 Å². The highest BCUT2D eigenvalue weighted by molar-refractivity contribution is 4.94. The summed E-state index contributed by atoms with van der Waals surface area (Å²) in [6, 6.07) is 0. The fourth-order valence-electron chi connectivity index (χ4n) is 9.03. The molecule has 2 fully saturated rings. The molecule has 0 N–H and O–H groups in total. The summed E-state index contributed by atoms with van der Waals surface area (Å²) in [6.07, 6.45) is 36.6. The van der Waals surface area contributed by atoms with E-state index in [0.29, 0.717) is 27.1 Å². The van der Waals surface area contributed by atoms with Gasteiger partial charge in [-0.3, -0.25) is 0 Å². The molecule has 4 atom stereocenters. The molecule has 0 bridgehead atoms. The molecule has 4 unspecified atom stereocenters. The number of hydrogen-bond acceptors (Lipinski definition) is 0. The van der Waals surface area contributed by atoms with Gasteiger partial charge in [0.1, 0.15) is 0 Å². The van der Waals surface area contributed by atoms with Gasteiger partial charge in [0.2, 0.25) is 0 Å². The molecule has 0 aliphatic heterocycles. The van der Waals surface area contributed by atoms with Gasteiger partial charge in [0.05, 0.1) is 0 Å². The van der Waals surface area contributed by atoms with Gasteiger partial charge in [-0.1, -0.05) is 106 Å². The minimum absolute atomic E-state index is 0.476. The molecule has 0 aromatic rings. The van der Waals surface area contributed by atoms with Crippen LogP contribution in [-0.2, 0) is 0 Å². The van der Waals surface area contributed by atoms with Gasteiger partial charge in [0.25, 0.3) is 0 Å². The van der Waals surface area contributed by atoms with Crippen LogP contribution in [0.3, 0.4) is 0 Å². The minimum Gasteiger partial charge on any atom is -0.0885 e. The second kappa shape index (κ2) is 14.3. The molecule has 39 heavy (non-hydrogen) atoms. The molecule has 0 nitrogen and oxygen atoms in total. The fourth-order valence-corrected chi connectivity index (χ4v) is 9.03. The summed E-state index contributed by atoms with van der Waals surface area (Å²) in [5, 5.41) is 0. The molecule has 0 spiro atoms. The Balaban J connectivity index is 1.76. The summed E-state index contributed by atoms with van der Waals surface area (Å²) in [5.74, 6) is 1.82. The van der Waals surface area contributed by atoms with E-state index >= 15 is 0 Å². The second-order valence-electron chi connectivity index (χ2n) is 18.0. The monoisotopic (exact) mass is 541 g/mol. The maximum atomic E-state index is 2.75. The maximum absolute atomic E-state index is 2.75. The Hall–Kier alpha value is -0.260. The molecule has 0 heteroatoms. The van der Waals surface area contributed by atoms with E-state index < -0.39 is 0 Å². The minimum atomic E-state index is 0.476. The zero-order valence-electron chi connectivity index (χ0n) is 28.4. The third kappa shape index (κ3) is 10.8. The summed E-state index contributed by atoms with van der Waals surface area (Å²) in [4.78, 5) is 0. The average Bonchev–Trinajstić information content (AvgIpc) is 2.88. The summed E-state index contributed by atoms with van der Waals surface area (Å²) < 4.78 is 0. The highest BCUT2D eigenvalue weighted by atomic mass is 14.5. The summed E-state index contributed by atoms with van der Waals surface area (Å²) in [7, 11) is 0. The third-order valence-corrected chi connectivity index (χ3v) is 12.7. The smallest absolute Gasteiger partial charge is 0.0295 e. The lowest BCUT2D eigenvalue weighted by molar-refractivity contribution is 0.0721. The van der Waals surface area contributed by atoms with Crippen molar-refractivity contribution in [2.75, 3.05) is 0 Å². The molecule has 3 aliphatic rings. The van der Waals surface area contributed by atoms with E-state index in [9.17, 15) is 0 Å². The van der Waals surface area contributed by atoms with Crippen LogP contribution in [0.5, 0.6) is 0 Å². The van der Waals surface area contributed by atoms with Gasteiger partial charge in [-0.15, -0.1) is 0 Å². The largest absolute Gasteiger partial charge is 0.0885 e. The van der Waals surface area contributed by atoms with Crippen LogP contribution in [-0.4, -0.2) is 0 Å². The molecule has 0 aromatic heterocycles. The van der Waals surface area contributed by atoms with Gasteiger partial charge < -0.3 is 0 Å². The maximum Gasteiger partial charge on any atom is -0.0295 e. The van der Waals surface area contributed by atoms with E-state index in [1.807, 2.05) is 0 Å². The SMILES string of the molecule is CC1(C)CCCCC(C)(C2CCCC(C3(C)CCC=CCCCCCC3)CCC(C)(C)C2)CCC(C)(C)CC1. The number of rotatable bonds is 2. The lowest BCUT2D eigenvalue weighted by Gasteiger charge is -2.43. The van der Waals surface area contributed by atoms with Gasteiger partial charge in [0, 0.05) is 0 Å². The van der Waals surface area contributed by atoms with Crippen molar-refractivity contribution in [3.05, 3.63) is 12.2 Å². The fraction of sp³-hybridized carbons (Fsp3) is 0.949. The van der Waals surface area contributed by atoms with Crippen molar-refractivity contribution in [3.8, 4) is 0 Å². The molecule has 2 saturated carbocycles. The van der Waals surface area contributed by atoms with Gasteiger partial charge >= 0.3 is 0 Å². The Kier molecular flexibility index (Phi) is 12.2. The lowest BCUT2D eigenvalue weighted by Crippen LogP contribution is -2.33. The molecule has 0 aromatic carbocycles. The summed E-state index contributed by atoms with van der Waals surface area (Å²) >= 11 is 0. The molecular weight excluding hydrogens is 468 g/mol. The quantitative estimate of drug-likeness (QED) is 0.305. The van der Waals surface area contributed by atoms with Crippen LogP contribution < -0.4 is 0 Å². The Bertz CT molecular complexity index is 737. The van der Waals surface area contributed by atoms with Gasteiger partial charge in [-0.2, -0.15) is 0 Å². The van der Waals surface area contributed by atoms with E-state index in [2.05, 4.69) is 67.5 Å². The number of allylic oxidation sites excluding steroid dienone is 2. The predicted molar refractivity (Wildman–Crippen MR) is 175 cm³/mol. The van der Waals surface area contributed by atoms with Crippen molar-refractivity contribution in [1.82, 2.24) is 0 Å². The molecule has 0 heterocycles. The average molecular weight is 541 g/mol. The van der Waals surface area contributed by atoms with Crippen molar-refractivity contribution in [2.24, 2.45) is 38.9 Å². The highest BCUT2D eigenvalue weighted by Crippen LogP contribution is 2.53. The van der Waals surface area contributed by atoms with Crippen LogP contribution in [0, 0.1) is 38.9 Å². The summed E-state index contributed by atoms with van der Waals surface area (Å²) in [6.45, 7) is 21.0. The third-order valence-electron chi connectivity index (χ3n) is 12.7. The Morgan fingerprint density at radius 2 is 0.923 bits per heavy atom. The van der Waals surface area contributed by atoms with Crippen molar-refractivity contribution in [2.45, 2.75) is 197 Å². The lowest BCUT2D eigenvalue weighted by atomic mass is 9.62. The normalized spacial score (nSPS) is 37.7. The van der Waals surface area contributed by atoms with Gasteiger partial charge in [-0.05, 0) is 142 Å². The molecule has 0 radical (unpaired) electrons. The van der Waals surface area contributed by atoms with Crippen molar-refractivity contribution in [1.29, 1.82) is 0 Å². The number of hydrogen-bond donors (Lipinski definition) is 0. The second-order valence-corrected chi connectivity index (χ2v) is 18.0. The molecule has 228 valence electrons. The molecule has 3 aliphatic carbocycles. The van der Waals surface area contributed by atoms with E-state index in [0.717, 1.165) is 11.8 Å². The molecule has 0 saturated heterocycles. The van der Waals surface area contributed by atoms with E-state index in [4.69, 9.17) is 0 Å². The van der Waals surface area contributed by atoms with Crippen LogP contribution in [0.2, 0.25) is 0 Å². The first-order valence-electron chi connectivity index (χ1n) is 17.9. The first kappa shape index (κ1) is 33.2. The summed E-state index contributed by atoms with van der Waals surface area (Å²) in [5.41, 5.74) is 2.54. The van der Waals surface area contributed by atoms with Crippen LogP contribution >= 0.6 is 0 Å². The first-order chi connectivity index (χ1) is 18.2. The zero-order chi connectivity index (χ0) is 28.6. The Labute approximate surface area is 247 Å². The van der Waals surface area contributed by atoms with Gasteiger partial charge in [-0.25, -0.2) is 0 Å². The van der Waals surface area contributed by atoms with Crippen molar-refractivity contribution >= 4 is 0 Å². The Morgan fingerprint density at radius 3 is 1.67 bits per heavy atom. The Morgan fingerprint density at radius 1 is 0.385 bits per heavy atom. The van der Waals surface area contributed by atoms with Crippen LogP contribution in [0.1, 0.15) is 197 Å². The van der Waals surface area contributed by atoms with Crippen molar-refractivity contribution in [3.63, 3.8) is 0 Å². The molecule has 0 amide bonds. The molecular formula is C39H72. The predicted octanol–water partition coefficient (Wildman–Crippen LogP) is 13.5. The topological polar surface area (TPSA) is 0 Å². The van der Waals surface area contributed by atoms with Gasteiger partial charge in [0.15, 0.2) is 0 Å². The van der Waals surface area contributed by atoms with E-state index in [1.54, 1.807) is 0 Å². The highest BCUT2D eigenvalue weighted by Gasteiger charge is 2.41. The standard InChI is InChI=1S/C39H72/c1-35(2)23-17-18-26-39(8,31-30-36(3,4)29-28-35)34-21-19-20-33(22-27-37(5,6)32-34)38(7)24-15-13-11-9-10-12-14-16-25-38/h11,13,33-34H,9-10,12,14-32H2,1-8H3. The first-order valence-corrected chi connectivity index (χ1v) is 17.9. The van der Waals surface area contributed by atoms with E-state index in [-0.39, 0.29) is 0 Å². The van der Waals surface area contributed by atoms with Crippen LogP contribution in [0.25, 0.3) is 0 Å². The van der Waals surface area contributed by atoms with Crippen molar-refractivity contribution < 1.29 is 0 Å². The van der Waals surface area contributed by atoms with Crippen LogP contribution in [0.4, 0.5) is 0 Å². The van der Waals surface area contributed by atoms with E-state index in [1.165, 1.54) is 141 Å². The zero-order valence-corrected chi connectivity index (χ0v) is 28.4.